The van der Waals surface area contributed by atoms with E-state index < -0.39 is 0 Å². The van der Waals surface area contributed by atoms with Crippen molar-refractivity contribution in [2.75, 3.05) is 6.54 Å². The van der Waals surface area contributed by atoms with Crippen LogP contribution in [-0.4, -0.2) is 16.9 Å². The zero-order chi connectivity index (χ0) is 17.6. The van der Waals surface area contributed by atoms with Crippen molar-refractivity contribution in [1.29, 1.82) is 0 Å². The van der Waals surface area contributed by atoms with E-state index in [1.54, 1.807) is 11.3 Å². The van der Waals surface area contributed by atoms with Gasteiger partial charge in [0.05, 0.1) is 5.69 Å². The van der Waals surface area contributed by atoms with Gasteiger partial charge in [0.2, 0.25) is 4.80 Å². The highest BCUT2D eigenvalue weighted by atomic mass is 32.1. The Morgan fingerprint density at radius 1 is 0.923 bits per heavy atom. The van der Waals surface area contributed by atoms with E-state index in [4.69, 9.17) is 5.10 Å². The summed E-state index contributed by atoms with van der Waals surface area (Å²) in [5.41, 5.74) is 6.65. The number of para-hydroxylation sites is 1. The van der Waals surface area contributed by atoms with Gasteiger partial charge >= 0.3 is 0 Å². The summed E-state index contributed by atoms with van der Waals surface area (Å²) in [6, 6.07) is 20.8. The molecule has 0 spiro atoms. The van der Waals surface area contributed by atoms with Gasteiger partial charge in [0.15, 0.2) is 0 Å². The number of nitrogens with zero attached hydrogens (tertiary/aromatic N) is 3. The molecule has 0 amide bonds. The molecule has 0 unspecified atom stereocenters. The number of benzene rings is 2. The second-order valence-electron chi connectivity index (χ2n) is 6.30. The van der Waals surface area contributed by atoms with E-state index in [9.17, 15) is 0 Å². The fourth-order valence-electron chi connectivity index (χ4n) is 3.10. The Balaban J connectivity index is 1.76. The summed E-state index contributed by atoms with van der Waals surface area (Å²) in [7, 11) is 0. The molecule has 0 aliphatic carbocycles. The van der Waals surface area contributed by atoms with E-state index in [1.807, 2.05) is 12.1 Å². The smallest absolute Gasteiger partial charge is 0.213 e. The Kier molecular flexibility index (Phi) is 5.26. The Bertz CT molecular complexity index is 939. The molecule has 132 valence electrons. The largest absolute Gasteiger partial charge is 0.284 e. The number of thiazole rings is 1. The molecule has 0 atom stereocenters. The summed E-state index contributed by atoms with van der Waals surface area (Å²) in [6.45, 7) is 0.899. The van der Waals surface area contributed by atoms with E-state index in [0.29, 0.717) is 0 Å². The third-order valence-corrected chi connectivity index (χ3v) is 5.27. The second kappa shape index (κ2) is 8.15. The molecule has 26 heavy (non-hydrogen) atoms. The van der Waals surface area contributed by atoms with Gasteiger partial charge in [0, 0.05) is 24.0 Å². The zero-order valence-corrected chi connectivity index (χ0v) is 15.5. The van der Waals surface area contributed by atoms with Crippen LogP contribution in [0.2, 0.25) is 0 Å². The minimum absolute atomic E-state index is 0.899. The highest BCUT2D eigenvalue weighted by Crippen LogP contribution is 2.23. The van der Waals surface area contributed by atoms with Crippen LogP contribution < -0.4 is 10.2 Å². The number of hydrogen-bond donors (Lipinski definition) is 1. The maximum Gasteiger partial charge on any atom is 0.213 e. The first-order valence-corrected chi connectivity index (χ1v) is 9.94. The zero-order valence-electron chi connectivity index (χ0n) is 14.6. The molecule has 1 aliphatic rings. The van der Waals surface area contributed by atoms with E-state index in [0.717, 1.165) is 35.0 Å². The van der Waals surface area contributed by atoms with Gasteiger partial charge < -0.3 is 0 Å². The SMILES string of the molecule is c1ccc(-c2cs/c(=N\NC3=NCCCCC3)n2-c2ccccc2)cc1. The van der Waals surface area contributed by atoms with Crippen molar-refractivity contribution in [2.24, 2.45) is 10.1 Å². The summed E-state index contributed by atoms with van der Waals surface area (Å²) in [5, 5.41) is 6.86. The Hall–Kier alpha value is -2.66. The first-order valence-electron chi connectivity index (χ1n) is 9.06. The summed E-state index contributed by atoms with van der Waals surface area (Å²) < 4.78 is 2.20. The molecule has 1 aliphatic heterocycles. The van der Waals surface area contributed by atoms with Crippen LogP contribution in [0.25, 0.3) is 16.9 Å². The molecule has 1 N–H and O–H groups in total. The van der Waals surface area contributed by atoms with Gasteiger partial charge in [-0.2, -0.15) is 0 Å². The Morgan fingerprint density at radius 2 is 1.69 bits per heavy atom. The first-order chi connectivity index (χ1) is 12.9. The van der Waals surface area contributed by atoms with Crippen LogP contribution in [0.3, 0.4) is 0 Å². The molecule has 0 radical (unpaired) electrons. The molecule has 0 saturated carbocycles. The predicted octanol–water partition coefficient (Wildman–Crippen LogP) is 4.58. The monoisotopic (exact) mass is 362 g/mol. The molecule has 1 aromatic heterocycles. The lowest BCUT2D eigenvalue weighted by Crippen LogP contribution is -2.24. The fourth-order valence-corrected chi connectivity index (χ4v) is 3.97. The molecule has 3 aromatic rings. The van der Waals surface area contributed by atoms with Crippen LogP contribution in [0.4, 0.5) is 0 Å². The third-order valence-electron chi connectivity index (χ3n) is 4.45. The van der Waals surface area contributed by atoms with Crippen molar-refractivity contribution < 1.29 is 0 Å². The van der Waals surface area contributed by atoms with Crippen molar-refractivity contribution in [3.8, 4) is 16.9 Å². The van der Waals surface area contributed by atoms with Crippen LogP contribution in [0, 0.1) is 0 Å². The number of aromatic nitrogens is 1. The van der Waals surface area contributed by atoms with E-state index in [-0.39, 0.29) is 0 Å². The molecular weight excluding hydrogens is 340 g/mol. The maximum atomic E-state index is 4.69. The van der Waals surface area contributed by atoms with Gasteiger partial charge in [-0.15, -0.1) is 16.4 Å². The van der Waals surface area contributed by atoms with Crippen molar-refractivity contribution >= 4 is 17.2 Å². The van der Waals surface area contributed by atoms with Crippen LogP contribution in [-0.2, 0) is 0 Å². The molecule has 2 heterocycles. The molecule has 0 saturated heterocycles. The molecule has 0 fully saturated rings. The van der Waals surface area contributed by atoms with E-state index in [1.165, 1.54) is 24.8 Å². The van der Waals surface area contributed by atoms with Crippen molar-refractivity contribution in [3.05, 3.63) is 70.8 Å². The van der Waals surface area contributed by atoms with Gasteiger partial charge in [0.25, 0.3) is 0 Å². The Morgan fingerprint density at radius 3 is 2.50 bits per heavy atom. The minimum Gasteiger partial charge on any atom is -0.284 e. The van der Waals surface area contributed by atoms with Crippen LogP contribution >= 0.6 is 11.3 Å². The Labute approximate surface area is 157 Å². The normalized spacial score (nSPS) is 15.4. The highest BCUT2D eigenvalue weighted by molar-refractivity contribution is 7.07. The van der Waals surface area contributed by atoms with Crippen molar-refractivity contribution in [2.45, 2.75) is 25.7 Å². The fraction of sp³-hybridized carbons (Fsp3) is 0.238. The molecule has 2 aromatic carbocycles. The molecule has 0 bridgehead atoms. The average molecular weight is 363 g/mol. The van der Waals surface area contributed by atoms with E-state index in [2.05, 4.69) is 68.9 Å². The standard InChI is InChI=1S/C21H22N4S/c1-4-10-17(11-5-1)19-16-26-21(25(19)18-12-6-2-7-13-18)24-23-20-14-8-3-9-15-22-20/h1-2,4-7,10-13,16H,3,8-9,14-15H2,(H,22,23)/b24-21-. The summed E-state index contributed by atoms with van der Waals surface area (Å²) >= 11 is 1.64. The average Bonchev–Trinajstić information content (AvgIpc) is 2.95. The van der Waals surface area contributed by atoms with Gasteiger partial charge in [-0.1, -0.05) is 55.0 Å². The van der Waals surface area contributed by atoms with Gasteiger partial charge in [-0.3, -0.25) is 15.0 Å². The molecule has 4 rings (SSSR count). The minimum atomic E-state index is 0.899. The summed E-state index contributed by atoms with van der Waals surface area (Å²) in [5.74, 6) is 0.997. The van der Waals surface area contributed by atoms with Gasteiger partial charge in [0.1, 0.15) is 5.84 Å². The van der Waals surface area contributed by atoms with Gasteiger partial charge in [-0.25, -0.2) is 0 Å². The van der Waals surface area contributed by atoms with Crippen LogP contribution in [0.1, 0.15) is 25.7 Å². The lowest BCUT2D eigenvalue weighted by atomic mass is 10.1. The lowest BCUT2D eigenvalue weighted by Gasteiger charge is -2.09. The number of nitrogens with one attached hydrogen (secondary N) is 1. The molecule has 5 heteroatoms. The van der Waals surface area contributed by atoms with Crippen LogP contribution in [0.5, 0.6) is 0 Å². The third kappa shape index (κ3) is 3.78. The lowest BCUT2D eigenvalue weighted by molar-refractivity contribution is 0.728. The number of hydrogen-bond acceptors (Lipinski definition) is 4. The van der Waals surface area contributed by atoms with E-state index >= 15 is 0 Å². The number of rotatable bonds is 3. The highest BCUT2D eigenvalue weighted by Gasteiger charge is 2.10. The molecule has 4 nitrogen and oxygen atoms in total. The first kappa shape index (κ1) is 16.8. The number of amidine groups is 1. The van der Waals surface area contributed by atoms with Crippen molar-refractivity contribution in [1.82, 2.24) is 9.99 Å². The molecular formula is C21H22N4S. The number of aliphatic imine (C=N–C) groups is 1. The van der Waals surface area contributed by atoms with Crippen molar-refractivity contribution in [3.63, 3.8) is 0 Å². The topological polar surface area (TPSA) is 41.7 Å². The van der Waals surface area contributed by atoms with Crippen LogP contribution in [0.15, 0.2) is 76.1 Å². The van der Waals surface area contributed by atoms with Gasteiger partial charge in [-0.05, 0) is 30.5 Å². The quantitative estimate of drug-likeness (QED) is 0.681. The summed E-state index contributed by atoms with van der Waals surface area (Å²) in [4.78, 5) is 5.53. The summed E-state index contributed by atoms with van der Waals surface area (Å²) in [6.07, 6.45) is 4.58. The maximum absolute atomic E-state index is 4.69. The predicted molar refractivity (Wildman–Crippen MR) is 109 cm³/mol. The second-order valence-corrected chi connectivity index (χ2v) is 7.14.